The van der Waals surface area contributed by atoms with Gasteiger partial charge in [0.05, 0.1) is 11.4 Å². The Hall–Kier alpha value is -2.50. The van der Waals surface area contributed by atoms with Gasteiger partial charge in [-0.2, -0.15) is 5.10 Å². The first-order valence-corrected chi connectivity index (χ1v) is 9.84. The van der Waals surface area contributed by atoms with Crippen molar-refractivity contribution in [1.82, 2.24) is 25.0 Å². The summed E-state index contributed by atoms with van der Waals surface area (Å²) in [5.74, 6) is 0. The van der Waals surface area contributed by atoms with Gasteiger partial charge in [-0.3, -0.25) is 9.88 Å². The van der Waals surface area contributed by atoms with E-state index in [9.17, 15) is 0 Å². The number of nitrogens with zero attached hydrogens (tertiary/aromatic N) is 4. The van der Waals surface area contributed by atoms with Gasteiger partial charge in [0.2, 0.25) is 0 Å². The third-order valence-corrected chi connectivity index (χ3v) is 5.37. The SMILES string of the molecule is CCN1CCCC1CNCc1cn(-c2ccccc2)nc1-c1ccncc1. The van der Waals surface area contributed by atoms with Crippen molar-refractivity contribution in [2.24, 2.45) is 0 Å². The Morgan fingerprint density at radius 3 is 2.70 bits per heavy atom. The molecule has 1 fully saturated rings. The summed E-state index contributed by atoms with van der Waals surface area (Å²) in [6.45, 7) is 6.47. The number of pyridine rings is 1. The summed E-state index contributed by atoms with van der Waals surface area (Å²) < 4.78 is 1.97. The zero-order valence-electron chi connectivity index (χ0n) is 15.9. The Morgan fingerprint density at radius 1 is 1.11 bits per heavy atom. The molecule has 0 aliphatic carbocycles. The number of likely N-dealkylation sites (tertiary alicyclic amines) is 1. The molecule has 4 rings (SSSR count). The molecule has 1 aliphatic rings. The summed E-state index contributed by atoms with van der Waals surface area (Å²) in [5.41, 5.74) is 4.41. The van der Waals surface area contributed by atoms with Crippen molar-refractivity contribution in [3.8, 4) is 16.9 Å². The number of nitrogens with one attached hydrogen (secondary N) is 1. The molecule has 1 atom stereocenters. The van der Waals surface area contributed by atoms with Crippen molar-refractivity contribution in [2.45, 2.75) is 32.4 Å². The van der Waals surface area contributed by atoms with Gasteiger partial charge in [-0.15, -0.1) is 0 Å². The van der Waals surface area contributed by atoms with Gasteiger partial charge in [0.15, 0.2) is 0 Å². The molecule has 3 heterocycles. The molecule has 0 bridgehead atoms. The molecule has 0 radical (unpaired) electrons. The lowest BCUT2D eigenvalue weighted by Crippen LogP contribution is -2.37. The third-order valence-electron chi connectivity index (χ3n) is 5.37. The van der Waals surface area contributed by atoms with Crippen molar-refractivity contribution in [3.05, 3.63) is 66.6 Å². The molecule has 2 aromatic heterocycles. The van der Waals surface area contributed by atoms with Crippen LogP contribution in [-0.2, 0) is 6.54 Å². The van der Waals surface area contributed by atoms with Crippen LogP contribution in [0.5, 0.6) is 0 Å². The highest BCUT2D eigenvalue weighted by atomic mass is 15.3. The summed E-state index contributed by atoms with van der Waals surface area (Å²) in [6, 6.07) is 15.0. The predicted molar refractivity (Wildman–Crippen MR) is 109 cm³/mol. The Morgan fingerprint density at radius 2 is 1.93 bits per heavy atom. The lowest BCUT2D eigenvalue weighted by atomic mass is 10.1. The van der Waals surface area contributed by atoms with Gasteiger partial charge in [0, 0.05) is 48.8 Å². The van der Waals surface area contributed by atoms with E-state index in [0.29, 0.717) is 6.04 Å². The van der Waals surface area contributed by atoms with E-state index in [-0.39, 0.29) is 0 Å². The summed E-state index contributed by atoms with van der Waals surface area (Å²) in [6.07, 6.45) is 8.40. The summed E-state index contributed by atoms with van der Waals surface area (Å²) in [5, 5.41) is 8.54. The van der Waals surface area contributed by atoms with Crippen molar-refractivity contribution >= 4 is 0 Å². The van der Waals surface area contributed by atoms with Crippen molar-refractivity contribution in [2.75, 3.05) is 19.6 Å². The van der Waals surface area contributed by atoms with Gasteiger partial charge in [-0.1, -0.05) is 25.1 Å². The minimum absolute atomic E-state index is 0.656. The average Bonchev–Trinajstić information content (AvgIpc) is 3.36. The maximum atomic E-state index is 4.87. The lowest BCUT2D eigenvalue weighted by Gasteiger charge is -2.22. The molecule has 0 spiro atoms. The first kappa shape index (κ1) is 17.9. The fourth-order valence-electron chi connectivity index (χ4n) is 3.92. The van der Waals surface area contributed by atoms with E-state index in [1.165, 1.54) is 24.9 Å². The Bertz CT molecular complexity index is 844. The van der Waals surface area contributed by atoms with Crippen LogP contribution < -0.4 is 5.32 Å². The van der Waals surface area contributed by atoms with Crippen LogP contribution in [0, 0.1) is 0 Å². The molecule has 1 aliphatic heterocycles. The largest absolute Gasteiger partial charge is 0.311 e. The van der Waals surface area contributed by atoms with Gasteiger partial charge in [-0.25, -0.2) is 4.68 Å². The molecule has 0 amide bonds. The van der Waals surface area contributed by atoms with Gasteiger partial charge >= 0.3 is 0 Å². The number of aromatic nitrogens is 3. The van der Waals surface area contributed by atoms with E-state index >= 15 is 0 Å². The van der Waals surface area contributed by atoms with Crippen LogP contribution in [0.15, 0.2) is 61.1 Å². The molecule has 5 nitrogen and oxygen atoms in total. The van der Waals surface area contributed by atoms with Crippen LogP contribution >= 0.6 is 0 Å². The topological polar surface area (TPSA) is 46.0 Å². The normalized spacial score (nSPS) is 17.4. The zero-order valence-corrected chi connectivity index (χ0v) is 15.9. The van der Waals surface area contributed by atoms with E-state index in [1.807, 2.05) is 47.4 Å². The van der Waals surface area contributed by atoms with Crippen LogP contribution in [0.2, 0.25) is 0 Å². The lowest BCUT2D eigenvalue weighted by molar-refractivity contribution is 0.260. The van der Waals surface area contributed by atoms with E-state index in [2.05, 4.69) is 40.5 Å². The van der Waals surface area contributed by atoms with Crippen LogP contribution in [0.25, 0.3) is 16.9 Å². The van der Waals surface area contributed by atoms with Crippen LogP contribution in [0.3, 0.4) is 0 Å². The minimum atomic E-state index is 0.656. The summed E-state index contributed by atoms with van der Waals surface area (Å²) >= 11 is 0. The smallest absolute Gasteiger partial charge is 0.0973 e. The molecule has 0 saturated carbocycles. The second-order valence-corrected chi connectivity index (χ2v) is 7.07. The standard InChI is InChI=1S/C22H27N5/c1-2-26-14-6-9-21(26)16-24-15-19-17-27(20-7-4-3-5-8-20)25-22(19)18-10-12-23-13-11-18/h3-5,7-8,10-13,17,21,24H,2,6,9,14-16H2,1H3. The average molecular weight is 361 g/mol. The molecule has 5 heteroatoms. The maximum Gasteiger partial charge on any atom is 0.0973 e. The first-order chi connectivity index (χ1) is 13.3. The second kappa shape index (κ2) is 8.46. The van der Waals surface area contributed by atoms with Gasteiger partial charge in [0.25, 0.3) is 0 Å². The Balaban J connectivity index is 1.54. The number of rotatable bonds is 7. The minimum Gasteiger partial charge on any atom is -0.311 e. The number of para-hydroxylation sites is 1. The van der Waals surface area contributed by atoms with Gasteiger partial charge in [0.1, 0.15) is 0 Å². The van der Waals surface area contributed by atoms with Crippen LogP contribution in [0.1, 0.15) is 25.3 Å². The van der Waals surface area contributed by atoms with E-state index in [0.717, 1.165) is 36.6 Å². The molecule has 1 N–H and O–H groups in total. The van der Waals surface area contributed by atoms with E-state index in [1.54, 1.807) is 0 Å². The quantitative estimate of drug-likeness (QED) is 0.699. The summed E-state index contributed by atoms with van der Waals surface area (Å²) in [4.78, 5) is 6.72. The first-order valence-electron chi connectivity index (χ1n) is 9.84. The highest BCUT2D eigenvalue weighted by molar-refractivity contribution is 5.62. The Kier molecular flexibility index (Phi) is 5.61. The van der Waals surface area contributed by atoms with E-state index in [4.69, 9.17) is 5.10 Å². The van der Waals surface area contributed by atoms with Gasteiger partial charge < -0.3 is 5.32 Å². The third kappa shape index (κ3) is 4.10. The molecule has 1 unspecified atom stereocenters. The van der Waals surface area contributed by atoms with Crippen LogP contribution in [-0.4, -0.2) is 45.3 Å². The van der Waals surface area contributed by atoms with Gasteiger partial charge in [-0.05, 0) is 50.2 Å². The zero-order chi connectivity index (χ0) is 18.5. The molecule has 1 aromatic carbocycles. The molecule has 1 saturated heterocycles. The number of benzene rings is 1. The number of hydrogen-bond acceptors (Lipinski definition) is 4. The highest BCUT2D eigenvalue weighted by Crippen LogP contribution is 2.23. The highest BCUT2D eigenvalue weighted by Gasteiger charge is 2.22. The molecular formula is C22H27N5. The summed E-state index contributed by atoms with van der Waals surface area (Å²) in [7, 11) is 0. The molecule has 3 aromatic rings. The fraction of sp³-hybridized carbons (Fsp3) is 0.364. The number of hydrogen-bond donors (Lipinski definition) is 1. The molecule has 140 valence electrons. The molecule has 27 heavy (non-hydrogen) atoms. The number of likely N-dealkylation sites (N-methyl/N-ethyl adjacent to an activating group) is 1. The molecular weight excluding hydrogens is 334 g/mol. The predicted octanol–water partition coefficient (Wildman–Crippen LogP) is 3.51. The Labute approximate surface area is 161 Å². The van der Waals surface area contributed by atoms with Crippen molar-refractivity contribution in [1.29, 1.82) is 0 Å². The van der Waals surface area contributed by atoms with Crippen molar-refractivity contribution in [3.63, 3.8) is 0 Å². The van der Waals surface area contributed by atoms with E-state index < -0.39 is 0 Å². The van der Waals surface area contributed by atoms with Crippen molar-refractivity contribution < 1.29 is 0 Å². The monoisotopic (exact) mass is 361 g/mol. The maximum absolute atomic E-state index is 4.87. The fourth-order valence-corrected chi connectivity index (χ4v) is 3.92. The van der Waals surface area contributed by atoms with Crippen LogP contribution in [0.4, 0.5) is 0 Å². The second-order valence-electron chi connectivity index (χ2n) is 7.07.